The molecule has 6 rings (SSSR count). The molecule has 5 nitrogen and oxygen atoms in total. The van der Waals surface area contributed by atoms with E-state index in [9.17, 15) is 18.8 Å². The summed E-state index contributed by atoms with van der Waals surface area (Å²) in [7, 11) is 0. The normalized spacial score (nSPS) is 13.9. The van der Waals surface area contributed by atoms with Crippen LogP contribution in [0.4, 0.5) is 4.39 Å². The number of thiophene rings is 1. The van der Waals surface area contributed by atoms with Crippen LogP contribution in [0.15, 0.2) is 84.4 Å². The number of Topliss-reactive ketones (excluding diaryl/α,β-unsaturated/α-hetero) is 2. The van der Waals surface area contributed by atoms with Crippen molar-refractivity contribution < 1.29 is 23.5 Å². The molecule has 0 aliphatic heterocycles. The third-order valence-corrected chi connectivity index (χ3v) is 8.10. The molecule has 0 spiro atoms. The number of allylic oxidation sites excluding steroid dienone is 1. The van der Waals surface area contributed by atoms with Crippen molar-refractivity contribution in [3.8, 4) is 10.6 Å². The second-order valence-electron chi connectivity index (χ2n) is 8.33. The zero-order valence-electron chi connectivity index (χ0n) is 19.1. The molecule has 0 saturated heterocycles. The molecule has 1 aliphatic carbocycles. The highest BCUT2D eigenvalue weighted by Crippen LogP contribution is 2.38. The average Bonchev–Trinajstić information content (AvgIpc) is 3.56. The fourth-order valence-electron chi connectivity index (χ4n) is 4.18. The van der Waals surface area contributed by atoms with Gasteiger partial charge in [0.15, 0.2) is 5.78 Å². The molecule has 0 radical (unpaired) electrons. The number of rotatable bonds is 5. The van der Waals surface area contributed by atoms with Gasteiger partial charge in [-0.2, -0.15) is 0 Å². The van der Waals surface area contributed by atoms with E-state index >= 15 is 0 Å². The standard InChI is InChI=1S/C29H16FNO4S2/c30-21-12-11-19(29(34)35-15-16-7-3-1-4-8-16)23-24(21)26(33)20(25(23)32)13-18-14-22-28(36-18)31-27(37-22)17-9-5-2-6-10-17/h1-14H,15H2/b20-13+. The van der Waals surface area contributed by atoms with Crippen molar-refractivity contribution in [3.63, 3.8) is 0 Å². The maximum Gasteiger partial charge on any atom is 0.339 e. The molecule has 0 amide bonds. The second-order valence-corrected chi connectivity index (χ2v) is 10.4. The monoisotopic (exact) mass is 525 g/mol. The van der Waals surface area contributed by atoms with Crippen LogP contribution >= 0.6 is 22.7 Å². The van der Waals surface area contributed by atoms with Crippen molar-refractivity contribution in [1.29, 1.82) is 0 Å². The van der Waals surface area contributed by atoms with E-state index in [1.807, 2.05) is 54.6 Å². The predicted octanol–water partition coefficient (Wildman–Crippen LogP) is 6.98. The minimum atomic E-state index is -0.849. The number of ether oxygens (including phenoxy) is 1. The Morgan fingerprint density at radius 2 is 1.59 bits per heavy atom. The number of carbonyl (C=O) groups excluding carboxylic acids is 3. The summed E-state index contributed by atoms with van der Waals surface area (Å²) in [4.78, 5) is 45.3. The molecule has 0 bridgehead atoms. The van der Waals surface area contributed by atoms with E-state index in [4.69, 9.17) is 4.74 Å². The van der Waals surface area contributed by atoms with Gasteiger partial charge in [0.1, 0.15) is 22.3 Å². The van der Waals surface area contributed by atoms with Crippen LogP contribution in [0.25, 0.3) is 26.2 Å². The molecule has 0 saturated carbocycles. The first-order chi connectivity index (χ1) is 18.0. The molecule has 2 aromatic heterocycles. The maximum atomic E-state index is 14.7. The van der Waals surface area contributed by atoms with Gasteiger partial charge in [-0.25, -0.2) is 14.2 Å². The first kappa shape index (κ1) is 23.1. The Balaban J connectivity index is 1.31. The Bertz CT molecular complexity index is 1700. The molecule has 37 heavy (non-hydrogen) atoms. The van der Waals surface area contributed by atoms with E-state index in [1.165, 1.54) is 34.8 Å². The highest BCUT2D eigenvalue weighted by Gasteiger charge is 2.39. The first-order valence-corrected chi connectivity index (χ1v) is 12.9. The van der Waals surface area contributed by atoms with Gasteiger partial charge >= 0.3 is 5.97 Å². The molecule has 5 aromatic rings. The fourth-order valence-corrected chi connectivity index (χ4v) is 6.35. The lowest BCUT2D eigenvalue weighted by Crippen LogP contribution is -2.11. The minimum Gasteiger partial charge on any atom is -0.457 e. The van der Waals surface area contributed by atoms with Crippen LogP contribution < -0.4 is 0 Å². The van der Waals surface area contributed by atoms with Crippen LogP contribution in [0, 0.1) is 5.82 Å². The zero-order valence-corrected chi connectivity index (χ0v) is 20.7. The molecule has 0 atom stereocenters. The van der Waals surface area contributed by atoms with Crippen LogP contribution in [0.5, 0.6) is 0 Å². The summed E-state index contributed by atoms with van der Waals surface area (Å²) in [6, 6.07) is 22.9. The number of fused-ring (bicyclic) bond motifs is 2. The van der Waals surface area contributed by atoms with Crippen molar-refractivity contribution >= 4 is 55.8 Å². The zero-order chi connectivity index (χ0) is 25.5. The Hall–Kier alpha value is -4.27. The molecular formula is C29H16FNO4S2. The largest absolute Gasteiger partial charge is 0.457 e. The molecule has 3 aromatic carbocycles. The molecule has 8 heteroatoms. The van der Waals surface area contributed by atoms with Gasteiger partial charge in [0, 0.05) is 10.4 Å². The Morgan fingerprint density at radius 1 is 0.892 bits per heavy atom. The van der Waals surface area contributed by atoms with Gasteiger partial charge in [0.25, 0.3) is 0 Å². The SMILES string of the molecule is O=C(OCc1ccccc1)c1ccc(F)c2c1C(=O)/C(=C\c1cc3sc(-c4ccccc4)nc3s1)C2=O. The molecule has 0 unspecified atom stereocenters. The number of hydrogen-bond acceptors (Lipinski definition) is 7. The van der Waals surface area contributed by atoms with E-state index in [0.717, 1.165) is 31.7 Å². The lowest BCUT2D eigenvalue weighted by Gasteiger charge is -2.08. The molecular weight excluding hydrogens is 509 g/mol. The Morgan fingerprint density at radius 3 is 2.32 bits per heavy atom. The van der Waals surface area contributed by atoms with Crippen molar-refractivity contribution in [1.82, 2.24) is 4.98 Å². The van der Waals surface area contributed by atoms with Crippen LogP contribution in [-0.2, 0) is 11.3 Å². The summed E-state index contributed by atoms with van der Waals surface area (Å²) >= 11 is 2.85. The van der Waals surface area contributed by atoms with Crippen LogP contribution in [0.3, 0.4) is 0 Å². The van der Waals surface area contributed by atoms with Crippen LogP contribution in [-0.4, -0.2) is 22.5 Å². The van der Waals surface area contributed by atoms with Crippen molar-refractivity contribution in [2.24, 2.45) is 0 Å². The van der Waals surface area contributed by atoms with Gasteiger partial charge in [-0.3, -0.25) is 9.59 Å². The maximum absolute atomic E-state index is 14.7. The summed E-state index contributed by atoms with van der Waals surface area (Å²) in [5.41, 5.74) is 0.809. The molecule has 0 N–H and O–H groups in total. The van der Waals surface area contributed by atoms with Gasteiger partial charge in [-0.05, 0) is 29.8 Å². The summed E-state index contributed by atoms with van der Waals surface area (Å²) in [6.45, 7) is -0.0133. The van der Waals surface area contributed by atoms with Crippen LogP contribution in [0.1, 0.15) is 41.5 Å². The lowest BCUT2D eigenvalue weighted by atomic mass is 10.0. The van der Waals surface area contributed by atoms with E-state index in [0.29, 0.717) is 4.88 Å². The minimum absolute atomic E-state index is 0.0133. The molecule has 0 fully saturated rings. The smallest absolute Gasteiger partial charge is 0.339 e. The quantitative estimate of drug-likeness (QED) is 0.141. The summed E-state index contributed by atoms with van der Waals surface area (Å²) in [5.74, 6) is -3.08. The van der Waals surface area contributed by atoms with E-state index in [2.05, 4.69) is 4.98 Å². The number of benzene rings is 3. The molecule has 180 valence electrons. The predicted molar refractivity (Wildman–Crippen MR) is 142 cm³/mol. The third-order valence-electron chi connectivity index (χ3n) is 5.95. The summed E-state index contributed by atoms with van der Waals surface area (Å²) in [5, 5.41) is 0.877. The highest BCUT2D eigenvalue weighted by molar-refractivity contribution is 7.29. The number of carbonyl (C=O) groups is 3. The number of ketones is 2. The number of hydrogen-bond donors (Lipinski definition) is 0. The van der Waals surface area contributed by atoms with Gasteiger partial charge in [0.05, 0.1) is 27.0 Å². The fraction of sp³-hybridized carbons (Fsp3) is 0.0345. The summed E-state index contributed by atoms with van der Waals surface area (Å²) < 4.78 is 20.9. The Kier molecular flexibility index (Phi) is 5.82. The molecule has 2 heterocycles. The van der Waals surface area contributed by atoms with E-state index in [1.54, 1.807) is 12.1 Å². The Labute approximate surface area is 218 Å². The van der Waals surface area contributed by atoms with E-state index < -0.39 is 28.9 Å². The lowest BCUT2D eigenvalue weighted by molar-refractivity contribution is 0.0470. The molecule has 1 aliphatic rings. The number of esters is 1. The topological polar surface area (TPSA) is 73.3 Å². The number of aromatic nitrogens is 1. The highest BCUT2D eigenvalue weighted by atomic mass is 32.1. The van der Waals surface area contributed by atoms with Crippen molar-refractivity contribution in [3.05, 3.63) is 117 Å². The van der Waals surface area contributed by atoms with Crippen molar-refractivity contribution in [2.45, 2.75) is 6.61 Å². The van der Waals surface area contributed by atoms with Crippen LogP contribution in [0.2, 0.25) is 0 Å². The second kappa shape index (κ2) is 9.31. The van der Waals surface area contributed by atoms with Gasteiger partial charge in [-0.15, -0.1) is 22.7 Å². The number of halogens is 1. The van der Waals surface area contributed by atoms with E-state index in [-0.39, 0.29) is 23.3 Å². The van der Waals surface area contributed by atoms with Gasteiger partial charge in [-0.1, -0.05) is 60.7 Å². The number of thiazole rings is 1. The number of nitrogens with zero attached hydrogens (tertiary/aromatic N) is 1. The van der Waals surface area contributed by atoms with Gasteiger partial charge < -0.3 is 4.74 Å². The average molecular weight is 526 g/mol. The van der Waals surface area contributed by atoms with Crippen molar-refractivity contribution in [2.75, 3.05) is 0 Å². The summed E-state index contributed by atoms with van der Waals surface area (Å²) in [6.07, 6.45) is 1.45. The third kappa shape index (κ3) is 4.20. The first-order valence-electron chi connectivity index (χ1n) is 11.3. The van der Waals surface area contributed by atoms with Gasteiger partial charge in [0.2, 0.25) is 5.78 Å².